The quantitative estimate of drug-likeness (QED) is 0.278. The van der Waals surface area contributed by atoms with Crippen LogP contribution in [-0.4, -0.2) is 74.3 Å². The number of nitrogens with zero attached hydrogens (tertiary/aromatic N) is 2. The monoisotopic (exact) mass is 430 g/mol. The van der Waals surface area contributed by atoms with Gasteiger partial charge in [0.2, 0.25) is 0 Å². The molecule has 0 radical (unpaired) electrons. The summed E-state index contributed by atoms with van der Waals surface area (Å²) in [6.07, 6.45) is 2.12. The van der Waals surface area contributed by atoms with Crippen LogP contribution in [0.2, 0.25) is 0 Å². The molecule has 1 rings (SSSR count). The molecule has 1 aliphatic heterocycles. The molecule has 5 nitrogen and oxygen atoms in total. The normalized spacial score (nSPS) is 21.5. The number of hydrogen-bond donors (Lipinski definition) is 2. The maximum atomic E-state index is 5.49. The fourth-order valence-electron chi connectivity index (χ4n) is 2.34. The van der Waals surface area contributed by atoms with Crippen molar-refractivity contribution in [3.05, 3.63) is 0 Å². The summed E-state index contributed by atoms with van der Waals surface area (Å²) in [5.41, 5.74) is 0. The van der Waals surface area contributed by atoms with Crippen molar-refractivity contribution < 1.29 is 4.74 Å². The van der Waals surface area contributed by atoms with Crippen LogP contribution in [-0.2, 0) is 4.74 Å². The van der Waals surface area contributed by atoms with E-state index in [1.807, 2.05) is 11.8 Å². The lowest BCUT2D eigenvalue weighted by Gasteiger charge is -2.37. The van der Waals surface area contributed by atoms with Gasteiger partial charge >= 0.3 is 0 Å². The van der Waals surface area contributed by atoms with E-state index in [-0.39, 0.29) is 24.0 Å². The first-order chi connectivity index (χ1) is 9.69. The number of ether oxygens (including phenoxy) is 1. The first-order valence-electron chi connectivity index (χ1n) is 7.53. The summed E-state index contributed by atoms with van der Waals surface area (Å²) in [6, 6.07) is 0.936. The van der Waals surface area contributed by atoms with Crippen molar-refractivity contribution in [2.45, 2.75) is 32.9 Å². The van der Waals surface area contributed by atoms with Crippen LogP contribution in [0.5, 0.6) is 0 Å². The van der Waals surface area contributed by atoms with Crippen molar-refractivity contribution in [1.82, 2.24) is 15.5 Å². The van der Waals surface area contributed by atoms with E-state index in [1.165, 1.54) is 0 Å². The zero-order valence-corrected chi connectivity index (χ0v) is 16.9. The molecule has 2 atom stereocenters. The van der Waals surface area contributed by atoms with Crippen molar-refractivity contribution in [3.63, 3.8) is 0 Å². The van der Waals surface area contributed by atoms with E-state index >= 15 is 0 Å². The average molecular weight is 430 g/mol. The molecule has 1 aliphatic rings. The Bertz CT molecular complexity index is 294. The molecule has 0 saturated carbocycles. The smallest absolute Gasteiger partial charge is 0.191 e. The molecule has 126 valence electrons. The Balaban J connectivity index is 0.00000400. The highest BCUT2D eigenvalue weighted by Crippen LogP contribution is 2.10. The van der Waals surface area contributed by atoms with E-state index < -0.39 is 0 Å². The van der Waals surface area contributed by atoms with E-state index in [0.29, 0.717) is 12.1 Å². The summed E-state index contributed by atoms with van der Waals surface area (Å²) < 4.78 is 5.49. The molecule has 0 aliphatic carbocycles. The topological polar surface area (TPSA) is 48.9 Å². The Kier molecular flexibility index (Phi) is 12.9. The fourth-order valence-corrected chi connectivity index (χ4v) is 2.64. The van der Waals surface area contributed by atoms with Crippen molar-refractivity contribution in [2.24, 2.45) is 4.99 Å². The summed E-state index contributed by atoms with van der Waals surface area (Å²) in [5.74, 6) is 2.02. The maximum Gasteiger partial charge on any atom is 0.191 e. The van der Waals surface area contributed by atoms with Crippen LogP contribution in [0.15, 0.2) is 4.99 Å². The second-order valence-corrected chi connectivity index (χ2v) is 6.14. The van der Waals surface area contributed by atoms with Gasteiger partial charge in [0.05, 0.1) is 19.8 Å². The molecule has 0 spiro atoms. The van der Waals surface area contributed by atoms with Gasteiger partial charge in [0.25, 0.3) is 0 Å². The van der Waals surface area contributed by atoms with Gasteiger partial charge in [-0.05, 0) is 27.0 Å². The highest BCUT2D eigenvalue weighted by molar-refractivity contribution is 14.0. The zero-order chi connectivity index (χ0) is 14.8. The van der Waals surface area contributed by atoms with Crippen LogP contribution in [0.1, 0.15) is 20.8 Å². The molecule has 1 saturated heterocycles. The van der Waals surface area contributed by atoms with Gasteiger partial charge in [-0.25, -0.2) is 0 Å². The number of guanidine groups is 1. The predicted molar refractivity (Wildman–Crippen MR) is 104 cm³/mol. The SMILES string of the molecule is CCNC(=NCC(C)N1CCOCC1C)NCCSC.I. The summed E-state index contributed by atoms with van der Waals surface area (Å²) in [7, 11) is 0. The first kappa shape index (κ1) is 21.3. The average Bonchev–Trinajstić information content (AvgIpc) is 2.45. The van der Waals surface area contributed by atoms with Gasteiger partial charge in [-0.3, -0.25) is 9.89 Å². The van der Waals surface area contributed by atoms with Gasteiger partial charge < -0.3 is 15.4 Å². The molecule has 0 bridgehead atoms. The minimum absolute atomic E-state index is 0. The van der Waals surface area contributed by atoms with Gasteiger partial charge in [-0.15, -0.1) is 24.0 Å². The lowest BCUT2D eigenvalue weighted by atomic mass is 10.2. The van der Waals surface area contributed by atoms with E-state index in [9.17, 15) is 0 Å². The Morgan fingerprint density at radius 1 is 1.48 bits per heavy atom. The molecule has 0 aromatic rings. The van der Waals surface area contributed by atoms with Crippen LogP contribution in [0.25, 0.3) is 0 Å². The number of halogens is 1. The Morgan fingerprint density at radius 3 is 2.86 bits per heavy atom. The lowest BCUT2D eigenvalue weighted by molar-refractivity contribution is -0.0165. The summed E-state index contributed by atoms with van der Waals surface area (Å²) in [4.78, 5) is 7.18. The number of thioether (sulfide) groups is 1. The van der Waals surface area contributed by atoms with Crippen LogP contribution in [0, 0.1) is 0 Å². The fraction of sp³-hybridized carbons (Fsp3) is 0.929. The molecule has 0 amide bonds. The van der Waals surface area contributed by atoms with Crippen LogP contribution in [0.3, 0.4) is 0 Å². The number of rotatable bonds is 7. The largest absolute Gasteiger partial charge is 0.379 e. The van der Waals surface area contributed by atoms with E-state index in [0.717, 1.165) is 51.1 Å². The third kappa shape index (κ3) is 8.47. The Morgan fingerprint density at radius 2 is 2.24 bits per heavy atom. The summed E-state index contributed by atoms with van der Waals surface area (Å²) in [5, 5.41) is 6.66. The first-order valence-corrected chi connectivity index (χ1v) is 8.93. The molecule has 0 aromatic carbocycles. The molecule has 1 fully saturated rings. The van der Waals surface area contributed by atoms with Crippen molar-refractivity contribution >= 4 is 41.7 Å². The number of hydrogen-bond acceptors (Lipinski definition) is 4. The zero-order valence-electron chi connectivity index (χ0n) is 13.7. The summed E-state index contributed by atoms with van der Waals surface area (Å²) >= 11 is 1.84. The molecule has 7 heteroatoms. The van der Waals surface area contributed by atoms with Gasteiger partial charge in [0.1, 0.15) is 0 Å². The van der Waals surface area contributed by atoms with Crippen molar-refractivity contribution in [3.8, 4) is 0 Å². The van der Waals surface area contributed by atoms with Crippen LogP contribution >= 0.6 is 35.7 Å². The Labute approximate surface area is 151 Å². The number of aliphatic imine (C=N–C) groups is 1. The number of morpholine rings is 1. The van der Waals surface area contributed by atoms with Gasteiger partial charge in [-0.2, -0.15) is 11.8 Å². The third-order valence-electron chi connectivity index (χ3n) is 3.44. The van der Waals surface area contributed by atoms with Gasteiger partial charge in [0.15, 0.2) is 5.96 Å². The molecule has 1 heterocycles. The number of nitrogens with one attached hydrogen (secondary N) is 2. The Hall–Kier alpha value is 0.270. The molecular weight excluding hydrogens is 399 g/mol. The molecular formula is C14H31IN4OS. The maximum absolute atomic E-state index is 5.49. The molecule has 21 heavy (non-hydrogen) atoms. The predicted octanol–water partition coefficient (Wildman–Crippen LogP) is 1.63. The molecule has 0 aromatic heterocycles. The van der Waals surface area contributed by atoms with E-state index in [4.69, 9.17) is 9.73 Å². The van der Waals surface area contributed by atoms with Crippen LogP contribution < -0.4 is 10.6 Å². The molecule has 2 unspecified atom stereocenters. The van der Waals surface area contributed by atoms with E-state index in [1.54, 1.807) is 0 Å². The third-order valence-corrected chi connectivity index (χ3v) is 4.05. The van der Waals surface area contributed by atoms with Crippen LogP contribution in [0.4, 0.5) is 0 Å². The van der Waals surface area contributed by atoms with E-state index in [2.05, 4.69) is 42.6 Å². The molecule has 2 N–H and O–H groups in total. The highest BCUT2D eigenvalue weighted by atomic mass is 127. The van der Waals surface area contributed by atoms with Crippen molar-refractivity contribution in [1.29, 1.82) is 0 Å². The lowest BCUT2D eigenvalue weighted by Crippen LogP contribution is -2.49. The summed E-state index contributed by atoms with van der Waals surface area (Å²) in [6.45, 7) is 11.9. The standard InChI is InChI=1S/C14H30N4OS.HI/c1-5-15-14(16-6-9-20-4)17-10-12(2)18-7-8-19-11-13(18)3;/h12-13H,5-11H2,1-4H3,(H2,15,16,17);1H. The minimum Gasteiger partial charge on any atom is -0.379 e. The highest BCUT2D eigenvalue weighted by Gasteiger charge is 2.23. The second-order valence-electron chi connectivity index (χ2n) is 5.15. The van der Waals surface area contributed by atoms with Gasteiger partial charge in [-0.1, -0.05) is 0 Å². The van der Waals surface area contributed by atoms with Crippen molar-refractivity contribution in [2.75, 3.05) is 51.4 Å². The second kappa shape index (κ2) is 12.8. The minimum atomic E-state index is 0. The van der Waals surface area contributed by atoms with Gasteiger partial charge in [0, 0.05) is 37.5 Å².